The summed E-state index contributed by atoms with van der Waals surface area (Å²) in [5, 5.41) is 8.07. The van der Waals surface area contributed by atoms with E-state index in [-0.39, 0.29) is 0 Å². The van der Waals surface area contributed by atoms with Crippen LogP contribution in [0.4, 0.5) is 0 Å². The van der Waals surface area contributed by atoms with Crippen molar-refractivity contribution < 1.29 is 4.52 Å². The van der Waals surface area contributed by atoms with Crippen LogP contribution in [0.2, 0.25) is 0 Å². The fourth-order valence-corrected chi connectivity index (χ4v) is 1.65. The van der Waals surface area contributed by atoms with Gasteiger partial charge in [0.1, 0.15) is 5.69 Å². The summed E-state index contributed by atoms with van der Waals surface area (Å²) in [5.74, 6) is 0. The second kappa shape index (κ2) is 3.38. The van der Waals surface area contributed by atoms with Gasteiger partial charge in [-0.2, -0.15) is 0 Å². The third-order valence-corrected chi connectivity index (χ3v) is 2.19. The largest absolute Gasteiger partial charge is 0.335 e. The number of rotatable bonds is 2. The van der Waals surface area contributed by atoms with Crippen LogP contribution >= 0.6 is 0 Å². The minimum Gasteiger partial charge on any atom is -0.335 e. The van der Waals surface area contributed by atoms with Gasteiger partial charge in [0, 0.05) is 12.2 Å². The van der Waals surface area contributed by atoms with Crippen LogP contribution in [-0.2, 0) is 6.54 Å². The van der Waals surface area contributed by atoms with Crippen LogP contribution in [0.25, 0.3) is 11.1 Å². The highest BCUT2D eigenvalue weighted by atomic mass is 16.5. The molecule has 74 valence electrons. The van der Waals surface area contributed by atoms with E-state index in [1.54, 1.807) is 0 Å². The predicted octanol–water partition coefficient (Wildman–Crippen LogP) is 1.56. The molecule has 4 heteroatoms. The first-order valence-electron chi connectivity index (χ1n) is 4.59. The fraction of sp³-hybridized carbons (Fsp3) is 0.400. The van der Waals surface area contributed by atoms with Crippen molar-refractivity contribution in [2.75, 3.05) is 7.05 Å². The minimum atomic E-state index is 0.632. The molecule has 0 saturated heterocycles. The van der Waals surface area contributed by atoms with Gasteiger partial charge in [0.2, 0.25) is 0 Å². The number of pyridine rings is 1. The normalized spacial score (nSPS) is 11.1. The molecule has 1 N–H and O–H groups in total. The molecule has 0 bridgehead atoms. The molecule has 0 amide bonds. The molecule has 4 nitrogen and oxygen atoms in total. The van der Waals surface area contributed by atoms with E-state index < -0.39 is 0 Å². The molecule has 14 heavy (non-hydrogen) atoms. The summed E-state index contributed by atoms with van der Waals surface area (Å²) in [5.41, 5.74) is 3.68. The van der Waals surface area contributed by atoms with Gasteiger partial charge in [-0.05, 0) is 32.5 Å². The summed E-state index contributed by atoms with van der Waals surface area (Å²) < 4.78 is 5.16. The Bertz CT molecular complexity index is 462. The molecule has 2 aromatic heterocycles. The van der Waals surface area contributed by atoms with E-state index in [1.807, 2.05) is 27.0 Å². The lowest BCUT2D eigenvalue weighted by Crippen LogP contribution is -2.05. The van der Waals surface area contributed by atoms with Crippen LogP contribution in [0.15, 0.2) is 10.6 Å². The van der Waals surface area contributed by atoms with Crippen molar-refractivity contribution in [1.82, 2.24) is 15.5 Å². The van der Waals surface area contributed by atoms with Crippen molar-refractivity contribution in [3.63, 3.8) is 0 Å². The summed E-state index contributed by atoms with van der Waals surface area (Å²) in [4.78, 5) is 4.28. The van der Waals surface area contributed by atoms with E-state index in [4.69, 9.17) is 4.52 Å². The fourth-order valence-electron chi connectivity index (χ4n) is 1.65. The maximum atomic E-state index is 5.16. The summed E-state index contributed by atoms with van der Waals surface area (Å²) in [6, 6.07) is 2.04. The highest BCUT2D eigenvalue weighted by Crippen LogP contribution is 2.21. The van der Waals surface area contributed by atoms with E-state index in [1.165, 1.54) is 5.56 Å². The van der Waals surface area contributed by atoms with Crippen LogP contribution in [0.1, 0.15) is 17.0 Å². The Labute approximate surface area is 82.3 Å². The average Bonchev–Trinajstić information content (AvgIpc) is 2.49. The lowest BCUT2D eigenvalue weighted by molar-refractivity contribution is 0.436. The molecule has 2 aromatic rings. The first kappa shape index (κ1) is 9.15. The summed E-state index contributed by atoms with van der Waals surface area (Å²) in [6.07, 6.45) is 0. The Balaban J connectivity index is 2.66. The lowest BCUT2D eigenvalue weighted by atomic mass is 10.1. The Morgan fingerprint density at radius 3 is 2.93 bits per heavy atom. The van der Waals surface area contributed by atoms with Gasteiger partial charge >= 0.3 is 0 Å². The van der Waals surface area contributed by atoms with Gasteiger partial charge in [-0.3, -0.25) is 0 Å². The molecule has 0 aliphatic rings. The molecule has 2 heterocycles. The van der Waals surface area contributed by atoms with Crippen molar-refractivity contribution in [2.45, 2.75) is 20.4 Å². The molecule has 0 saturated carbocycles. The first-order chi connectivity index (χ1) is 6.72. The Morgan fingerprint density at radius 1 is 1.43 bits per heavy atom. The van der Waals surface area contributed by atoms with E-state index in [2.05, 4.69) is 15.5 Å². The quantitative estimate of drug-likeness (QED) is 0.782. The van der Waals surface area contributed by atoms with Crippen molar-refractivity contribution in [2.24, 2.45) is 0 Å². The number of aromatic nitrogens is 2. The highest BCUT2D eigenvalue weighted by Gasteiger charge is 2.11. The van der Waals surface area contributed by atoms with E-state index in [0.717, 1.165) is 16.8 Å². The standard InChI is InChI=1S/C10H13N3O/c1-6-4-7(2)12-10-9(6)8(5-11-3)13-14-10/h4,11H,5H2,1-3H3. The van der Waals surface area contributed by atoms with Crippen LogP contribution < -0.4 is 5.32 Å². The monoisotopic (exact) mass is 191 g/mol. The molecule has 0 spiro atoms. The van der Waals surface area contributed by atoms with Gasteiger partial charge in [0.25, 0.3) is 5.71 Å². The molecular formula is C10H13N3O. The zero-order chi connectivity index (χ0) is 10.1. The third-order valence-electron chi connectivity index (χ3n) is 2.19. The number of nitrogens with one attached hydrogen (secondary N) is 1. The van der Waals surface area contributed by atoms with Crippen LogP contribution in [-0.4, -0.2) is 17.2 Å². The Kier molecular flexibility index (Phi) is 2.21. The molecular weight excluding hydrogens is 178 g/mol. The first-order valence-corrected chi connectivity index (χ1v) is 4.59. The molecule has 0 aromatic carbocycles. The van der Waals surface area contributed by atoms with Gasteiger partial charge in [-0.1, -0.05) is 5.16 Å². The number of hydrogen-bond donors (Lipinski definition) is 1. The average molecular weight is 191 g/mol. The number of nitrogens with zero attached hydrogens (tertiary/aromatic N) is 2. The molecule has 0 atom stereocenters. The van der Waals surface area contributed by atoms with Crippen LogP contribution in [0.3, 0.4) is 0 Å². The molecule has 0 radical (unpaired) electrons. The summed E-state index contributed by atoms with van der Waals surface area (Å²) >= 11 is 0. The summed E-state index contributed by atoms with van der Waals surface area (Å²) in [7, 11) is 1.89. The van der Waals surface area contributed by atoms with Crippen molar-refractivity contribution in [3.8, 4) is 0 Å². The third kappa shape index (κ3) is 1.37. The van der Waals surface area contributed by atoms with E-state index in [0.29, 0.717) is 12.3 Å². The second-order valence-corrected chi connectivity index (χ2v) is 3.42. The zero-order valence-electron chi connectivity index (χ0n) is 8.59. The van der Waals surface area contributed by atoms with Crippen LogP contribution in [0.5, 0.6) is 0 Å². The predicted molar refractivity (Wildman–Crippen MR) is 54.0 cm³/mol. The molecule has 0 unspecified atom stereocenters. The van der Waals surface area contributed by atoms with Gasteiger partial charge in [0.15, 0.2) is 0 Å². The molecule has 0 aliphatic carbocycles. The topological polar surface area (TPSA) is 51.0 Å². The SMILES string of the molecule is CNCc1noc2nc(C)cc(C)c12. The maximum Gasteiger partial charge on any atom is 0.258 e. The van der Waals surface area contributed by atoms with Crippen molar-refractivity contribution >= 4 is 11.1 Å². The zero-order valence-corrected chi connectivity index (χ0v) is 8.59. The van der Waals surface area contributed by atoms with E-state index in [9.17, 15) is 0 Å². The number of aryl methyl sites for hydroxylation is 2. The van der Waals surface area contributed by atoms with Gasteiger partial charge in [-0.15, -0.1) is 0 Å². The smallest absolute Gasteiger partial charge is 0.258 e. The molecule has 0 fully saturated rings. The highest BCUT2D eigenvalue weighted by molar-refractivity contribution is 5.79. The van der Waals surface area contributed by atoms with Gasteiger partial charge < -0.3 is 9.84 Å². The molecule has 0 aliphatic heterocycles. The molecule has 2 rings (SSSR count). The lowest BCUT2D eigenvalue weighted by Gasteiger charge is -1.98. The van der Waals surface area contributed by atoms with E-state index >= 15 is 0 Å². The maximum absolute atomic E-state index is 5.16. The van der Waals surface area contributed by atoms with Gasteiger partial charge in [0.05, 0.1) is 5.39 Å². The minimum absolute atomic E-state index is 0.632. The Hall–Kier alpha value is -1.42. The van der Waals surface area contributed by atoms with Crippen LogP contribution in [0, 0.1) is 13.8 Å². The van der Waals surface area contributed by atoms with Gasteiger partial charge in [-0.25, -0.2) is 4.98 Å². The Morgan fingerprint density at radius 2 is 2.21 bits per heavy atom. The van der Waals surface area contributed by atoms with Crippen molar-refractivity contribution in [3.05, 3.63) is 23.0 Å². The second-order valence-electron chi connectivity index (χ2n) is 3.42. The summed E-state index contributed by atoms with van der Waals surface area (Å²) in [6.45, 7) is 4.71. The van der Waals surface area contributed by atoms with Crippen molar-refractivity contribution in [1.29, 1.82) is 0 Å². The number of hydrogen-bond acceptors (Lipinski definition) is 4. The number of fused-ring (bicyclic) bond motifs is 1.